The molecule has 3 aromatic rings. The maximum Gasteiger partial charge on any atom is 0.324 e. The average Bonchev–Trinajstić information content (AvgIpc) is 3.64. The Labute approximate surface area is 199 Å². The molecule has 1 saturated heterocycles. The Morgan fingerprint density at radius 2 is 2.03 bits per heavy atom. The number of nitrogens with one attached hydrogen (secondary N) is 1. The summed E-state index contributed by atoms with van der Waals surface area (Å²) in [5.74, 6) is 2.68. The number of anilines is 1. The van der Waals surface area contributed by atoms with Gasteiger partial charge in [-0.2, -0.15) is 0 Å². The van der Waals surface area contributed by atoms with E-state index in [2.05, 4.69) is 40.6 Å². The van der Waals surface area contributed by atoms with Crippen molar-refractivity contribution in [2.45, 2.75) is 46.0 Å². The Bertz CT molecular complexity index is 1230. The number of rotatable bonds is 5. The molecule has 0 radical (unpaired) electrons. The zero-order valence-electron chi connectivity index (χ0n) is 19.9. The van der Waals surface area contributed by atoms with E-state index in [1.165, 1.54) is 18.4 Å². The lowest BCUT2D eigenvalue weighted by atomic mass is 9.91. The fourth-order valence-electron chi connectivity index (χ4n) is 4.25. The number of aryl methyl sites for hydroxylation is 1. The molecule has 7 heteroatoms. The van der Waals surface area contributed by atoms with Gasteiger partial charge in [-0.25, -0.2) is 9.78 Å². The highest BCUT2D eigenvalue weighted by molar-refractivity contribution is 5.88. The highest BCUT2D eigenvalue weighted by Gasteiger charge is 2.26. The molecule has 34 heavy (non-hydrogen) atoms. The number of nitrogens with zero attached hydrogens (tertiary/aromatic N) is 3. The maximum atomic E-state index is 12.7. The van der Waals surface area contributed by atoms with Crippen molar-refractivity contribution in [3.63, 3.8) is 0 Å². The molecular weight excluding hydrogens is 428 g/mol. The van der Waals surface area contributed by atoms with Crippen LogP contribution in [-0.4, -0.2) is 34.2 Å². The van der Waals surface area contributed by atoms with E-state index in [1.807, 2.05) is 49.1 Å². The minimum Gasteiger partial charge on any atom is -0.439 e. The van der Waals surface area contributed by atoms with Gasteiger partial charge in [0.2, 0.25) is 11.8 Å². The van der Waals surface area contributed by atoms with Crippen molar-refractivity contribution in [3.05, 3.63) is 70.6 Å². The first-order chi connectivity index (χ1) is 16.5. The number of carbonyl (C=O) groups is 1. The van der Waals surface area contributed by atoms with E-state index in [-0.39, 0.29) is 11.9 Å². The van der Waals surface area contributed by atoms with Gasteiger partial charge in [0.25, 0.3) is 0 Å². The summed E-state index contributed by atoms with van der Waals surface area (Å²) in [4.78, 5) is 19.2. The van der Waals surface area contributed by atoms with Gasteiger partial charge in [-0.15, -0.1) is 0 Å². The monoisotopic (exact) mass is 458 g/mol. The summed E-state index contributed by atoms with van der Waals surface area (Å²) in [6.07, 6.45) is 5.47. The lowest BCUT2D eigenvalue weighted by Crippen LogP contribution is -2.42. The molecular formula is C27H30N4O3. The minimum atomic E-state index is -0.151. The maximum absolute atomic E-state index is 12.7. The topological polar surface area (TPSA) is 80.5 Å². The van der Waals surface area contributed by atoms with Crippen LogP contribution < -0.4 is 10.1 Å². The van der Waals surface area contributed by atoms with E-state index < -0.39 is 0 Å². The van der Waals surface area contributed by atoms with Gasteiger partial charge in [0.05, 0.1) is 5.69 Å². The number of likely N-dealkylation sites (tertiary alicyclic amines) is 1. The smallest absolute Gasteiger partial charge is 0.324 e. The molecule has 1 saturated carbocycles. The Balaban J connectivity index is 1.22. The van der Waals surface area contributed by atoms with Crippen molar-refractivity contribution in [1.82, 2.24) is 15.0 Å². The summed E-state index contributed by atoms with van der Waals surface area (Å²) < 4.78 is 11.3. The predicted octanol–water partition coefficient (Wildman–Crippen LogP) is 6.31. The molecule has 7 nitrogen and oxygen atoms in total. The molecule has 3 heterocycles. The van der Waals surface area contributed by atoms with Crippen LogP contribution in [0, 0.1) is 19.8 Å². The lowest BCUT2D eigenvalue weighted by Gasteiger charge is -2.33. The molecule has 2 amide bonds. The third kappa shape index (κ3) is 4.98. The summed E-state index contributed by atoms with van der Waals surface area (Å²) in [5.41, 5.74) is 5.17. The van der Waals surface area contributed by atoms with Crippen molar-refractivity contribution < 1.29 is 14.1 Å². The number of urea groups is 1. The quantitative estimate of drug-likeness (QED) is 0.484. The van der Waals surface area contributed by atoms with Crippen molar-refractivity contribution in [2.24, 2.45) is 5.92 Å². The third-order valence-corrected chi connectivity index (χ3v) is 6.64. The van der Waals surface area contributed by atoms with Crippen LogP contribution in [0.15, 0.2) is 52.6 Å². The van der Waals surface area contributed by atoms with Crippen LogP contribution in [0.25, 0.3) is 6.08 Å². The molecule has 2 fully saturated rings. The first-order valence-electron chi connectivity index (χ1n) is 11.9. The molecule has 176 valence electrons. The predicted molar refractivity (Wildman–Crippen MR) is 131 cm³/mol. The van der Waals surface area contributed by atoms with Crippen LogP contribution in [0.4, 0.5) is 10.7 Å². The number of benzene rings is 1. The number of pyridine rings is 1. The summed E-state index contributed by atoms with van der Waals surface area (Å²) in [6, 6.07) is 13.9. The normalized spacial score (nSPS) is 19.3. The number of hydrogen-bond acceptors (Lipinski definition) is 5. The highest BCUT2D eigenvalue weighted by Crippen LogP contribution is 2.39. The van der Waals surface area contributed by atoms with Gasteiger partial charge in [-0.05, 0) is 62.8 Å². The number of ether oxygens (including phenoxy) is 1. The molecule has 2 aliphatic rings. The Kier molecular flexibility index (Phi) is 6.09. The summed E-state index contributed by atoms with van der Waals surface area (Å²) in [6.45, 7) is 7.21. The number of amides is 2. The Morgan fingerprint density at radius 1 is 1.21 bits per heavy atom. The van der Waals surface area contributed by atoms with E-state index in [9.17, 15) is 4.79 Å². The molecule has 2 aromatic heterocycles. The molecule has 1 N–H and O–H groups in total. The second-order valence-corrected chi connectivity index (χ2v) is 9.32. The molecule has 0 bridgehead atoms. The molecule has 1 unspecified atom stereocenters. The first-order valence-corrected chi connectivity index (χ1v) is 11.9. The number of aromatic nitrogens is 2. The standard InChI is InChI=1S/C27H30N4O3/c1-17-16-31(27(32)29-26-18(2)19(3)30-34-26)13-12-22(17)14-20-6-4-7-23(15-20)33-25-9-5-8-24(28-25)21-10-11-21/h4-9,14-15,17,21H,10-13,16H2,1-3H3,(H,29,32). The van der Waals surface area contributed by atoms with E-state index in [0.717, 1.165) is 34.7 Å². The SMILES string of the molecule is Cc1noc(NC(=O)N2CCC(=Cc3cccc(Oc4cccc(C5CC5)n4)c3)C(C)C2)c1C. The second-order valence-electron chi connectivity index (χ2n) is 9.32. The Morgan fingerprint density at radius 3 is 2.76 bits per heavy atom. The number of hydrogen-bond donors (Lipinski definition) is 1. The van der Waals surface area contributed by atoms with E-state index in [0.29, 0.717) is 30.8 Å². The van der Waals surface area contributed by atoms with E-state index in [1.54, 1.807) is 0 Å². The summed E-state index contributed by atoms with van der Waals surface area (Å²) in [7, 11) is 0. The van der Waals surface area contributed by atoms with Crippen LogP contribution in [0.1, 0.15) is 54.6 Å². The van der Waals surface area contributed by atoms with Crippen molar-refractivity contribution in [1.29, 1.82) is 0 Å². The lowest BCUT2D eigenvalue weighted by molar-refractivity contribution is 0.197. The van der Waals surface area contributed by atoms with E-state index in [4.69, 9.17) is 9.26 Å². The fraction of sp³-hybridized carbons (Fsp3) is 0.370. The van der Waals surface area contributed by atoms with Crippen LogP contribution >= 0.6 is 0 Å². The van der Waals surface area contributed by atoms with Crippen LogP contribution in [0.2, 0.25) is 0 Å². The van der Waals surface area contributed by atoms with Gasteiger partial charge >= 0.3 is 6.03 Å². The molecule has 0 spiro atoms. The van der Waals surface area contributed by atoms with Gasteiger partial charge in [-0.1, -0.05) is 41.9 Å². The largest absolute Gasteiger partial charge is 0.439 e. The molecule has 5 rings (SSSR count). The zero-order valence-corrected chi connectivity index (χ0v) is 19.9. The molecule has 1 atom stereocenters. The molecule has 1 aliphatic heterocycles. The number of carbonyl (C=O) groups excluding carboxylic acids is 1. The van der Waals surface area contributed by atoms with Crippen LogP contribution in [0.5, 0.6) is 11.6 Å². The molecule has 1 aromatic carbocycles. The van der Waals surface area contributed by atoms with Gasteiger partial charge < -0.3 is 14.2 Å². The van der Waals surface area contributed by atoms with Crippen LogP contribution in [-0.2, 0) is 0 Å². The summed E-state index contributed by atoms with van der Waals surface area (Å²) in [5, 5.41) is 6.75. The van der Waals surface area contributed by atoms with Crippen LogP contribution in [0.3, 0.4) is 0 Å². The average molecular weight is 459 g/mol. The molecule has 1 aliphatic carbocycles. The van der Waals surface area contributed by atoms with E-state index >= 15 is 0 Å². The zero-order chi connectivity index (χ0) is 23.7. The van der Waals surface area contributed by atoms with Gasteiger partial charge in [0.1, 0.15) is 5.75 Å². The summed E-state index contributed by atoms with van der Waals surface area (Å²) >= 11 is 0. The minimum absolute atomic E-state index is 0.151. The Hall–Kier alpha value is -3.61. The van der Waals surface area contributed by atoms with Gasteiger partial charge in [-0.3, -0.25) is 5.32 Å². The fourth-order valence-corrected chi connectivity index (χ4v) is 4.25. The highest BCUT2D eigenvalue weighted by atomic mass is 16.5. The van der Waals surface area contributed by atoms with Gasteiger partial charge in [0, 0.05) is 36.3 Å². The van der Waals surface area contributed by atoms with Crippen molar-refractivity contribution >= 4 is 18.0 Å². The van der Waals surface area contributed by atoms with Gasteiger partial charge in [0.15, 0.2) is 0 Å². The second kappa shape index (κ2) is 9.33. The van der Waals surface area contributed by atoms with Crippen molar-refractivity contribution in [2.75, 3.05) is 18.4 Å². The first kappa shape index (κ1) is 22.2. The number of piperidine rings is 1. The van der Waals surface area contributed by atoms with Crippen molar-refractivity contribution in [3.8, 4) is 11.6 Å². The third-order valence-electron chi connectivity index (χ3n) is 6.64.